The second-order valence-corrected chi connectivity index (χ2v) is 6.47. The van der Waals surface area contributed by atoms with Gasteiger partial charge in [-0.25, -0.2) is 0 Å². The number of hydrogen-bond acceptors (Lipinski definition) is 2. The van der Waals surface area contributed by atoms with E-state index >= 15 is 0 Å². The summed E-state index contributed by atoms with van der Waals surface area (Å²) in [6.45, 7) is 8.01. The van der Waals surface area contributed by atoms with E-state index in [2.05, 4.69) is 39.0 Å². The van der Waals surface area contributed by atoms with E-state index in [1.165, 1.54) is 16.7 Å². The van der Waals surface area contributed by atoms with Crippen molar-refractivity contribution in [1.82, 2.24) is 4.90 Å². The number of nitrogens with two attached hydrogens (primary N) is 1. The lowest BCUT2D eigenvalue weighted by molar-refractivity contribution is -0.132. The van der Waals surface area contributed by atoms with E-state index in [1.54, 1.807) is 0 Å². The lowest BCUT2D eigenvalue weighted by atomic mass is 9.91. The Kier molecular flexibility index (Phi) is 5.40. The molecular weight excluding hydrogens is 260 g/mol. The minimum absolute atomic E-state index is 0.0708. The molecule has 0 aromatic heterocycles. The fourth-order valence-electron chi connectivity index (χ4n) is 2.87. The van der Waals surface area contributed by atoms with Crippen LogP contribution in [0.2, 0.25) is 0 Å². The average molecular weight is 288 g/mol. The van der Waals surface area contributed by atoms with E-state index in [0.29, 0.717) is 18.2 Å². The highest BCUT2D eigenvalue weighted by Crippen LogP contribution is 2.26. The van der Waals surface area contributed by atoms with Crippen LogP contribution >= 0.6 is 0 Å². The van der Waals surface area contributed by atoms with Crippen LogP contribution in [0.25, 0.3) is 0 Å². The summed E-state index contributed by atoms with van der Waals surface area (Å²) in [5.41, 5.74) is 10.1. The molecule has 1 aromatic carbocycles. The van der Waals surface area contributed by atoms with Gasteiger partial charge in [0.15, 0.2) is 0 Å². The predicted octanol–water partition coefficient (Wildman–Crippen LogP) is 3.42. The Morgan fingerprint density at radius 1 is 1.33 bits per heavy atom. The van der Waals surface area contributed by atoms with Crippen LogP contribution in [0.1, 0.15) is 62.8 Å². The number of carbonyl (C=O) groups is 1. The highest BCUT2D eigenvalue weighted by atomic mass is 16.2. The van der Waals surface area contributed by atoms with Crippen LogP contribution in [0.4, 0.5) is 0 Å². The Bertz CT molecular complexity index is 496. The normalized spacial score (nSPS) is 16.0. The molecule has 3 heteroatoms. The zero-order chi connectivity index (χ0) is 15.4. The Morgan fingerprint density at radius 3 is 2.76 bits per heavy atom. The molecule has 1 atom stereocenters. The fourth-order valence-corrected chi connectivity index (χ4v) is 2.87. The maximum Gasteiger partial charge on any atom is 0.222 e. The number of amides is 1. The molecule has 0 saturated heterocycles. The van der Waals surface area contributed by atoms with Gasteiger partial charge in [-0.3, -0.25) is 4.79 Å². The van der Waals surface area contributed by atoms with Gasteiger partial charge in [-0.2, -0.15) is 0 Å². The lowest BCUT2D eigenvalue weighted by Crippen LogP contribution is -2.36. The molecule has 1 unspecified atom stereocenters. The monoisotopic (exact) mass is 288 g/mol. The summed E-state index contributed by atoms with van der Waals surface area (Å²) >= 11 is 0. The van der Waals surface area contributed by atoms with Crippen molar-refractivity contribution in [3.63, 3.8) is 0 Å². The van der Waals surface area contributed by atoms with Gasteiger partial charge in [0, 0.05) is 25.6 Å². The van der Waals surface area contributed by atoms with Gasteiger partial charge in [-0.15, -0.1) is 0 Å². The third kappa shape index (κ3) is 3.85. The highest BCUT2D eigenvalue weighted by Gasteiger charge is 2.21. The number of unbranched alkanes of at least 4 members (excludes halogenated alkanes) is 1. The Hall–Kier alpha value is -1.35. The van der Waals surface area contributed by atoms with Crippen molar-refractivity contribution in [2.24, 2.45) is 11.7 Å². The van der Waals surface area contributed by atoms with Crippen molar-refractivity contribution in [3.05, 3.63) is 34.9 Å². The third-order valence-corrected chi connectivity index (χ3v) is 4.44. The van der Waals surface area contributed by atoms with Crippen LogP contribution in [0.15, 0.2) is 18.2 Å². The summed E-state index contributed by atoms with van der Waals surface area (Å²) in [7, 11) is 0. The summed E-state index contributed by atoms with van der Waals surface area (Å²) in [6, 6.07) is 6.62. The van der Waals surface area contributed by atoms with E-state index in [4.69, 9.17) is 5.73 Å². The maximum absolute atomic E-state index is 12.2. The first-order chi connectivity index (χ1) is 10.0. The van der Waals surface area contributed by atoms with Crippen molar-refractivity contribution >= 4 is 5.91 Å². The summed E-state index contributed by atoms with van der Waals surface area (Å²) in [6.07, 6.45) is 3.70. The zero-order valence-electron chi connectivity index (χ0n) is 13.6. The van der Waals surface area contributed by atoms with Crippen molar-refractivity contribution in [2.45, 2.75) is 59.0 Å². The van der Waals surface area contributed by atoms with Crippen molar-refractivity contribution < 1.29 is 4.79 Å². The molecule has 1 heterocycles. The molecule has 0 spiro atoms. The molecule has 116 valence electrons. The van der Waals surface area contributed by atoms with Gasteiger partial charge in [0.2, 0.25) is 5.91 Å². The molecule has 3 nitrogen and oxygen atoms in total. The third-order valence-electron chi connectivity index (χ3n) is 4.44. The summed E-state index contributed by atoms with van der Waals surface area (Å²) in [5.74, 6) is 0.718. The first-order valence-corrected chi connectivity index (χ1v) is 8.18. The topological polar surface area (TPSA) is 46.3 Å². The van der Waals surface area contributed by atoms with Crippen molar-refractivity contribution in [1.29, 1.82) is 0 Å². The van der Waals surface area contributed by atoms with E-state index in [1.807, 2.05) is 4.90 Å². The molecule has 2 rings (SSSR count). The number of nitrogens with zero attached hydrogens (tertiary/aromatic N) is 1. The van der Waals surface area contributed by atoms with Crippen LogP contribution in [0, 0.1) is 5.92 Å². The predicted molar refractivity (Wildman–Crippen MR) is 86.9 cm³/mol. The van der Waals surface area contributed by atoms with E-state index in [0.717, 1.165) is 32.4 Å². The fraction of sp³-hybridized carbons (Fsp3) is 0.611. The van der Waals surface area contributed by atoms with E-state index < -0.39 is 0 Å². The van der Waals surface area contributed by atoms with Gasteiger partial charge < -0.3 is 10.6 Å². The molecule has 0 fully saturated rings. The van der Waals surface area contributed by atoms with Crippen molar-refractivity contribution in [2.75, 3.05) is 6.54 Å². The standard InChI is InChI=1S/C18H28N2O/c1-4-5-6-17(21)20-10-9-14-7-8-15(11-16(14)12-20)18(19)13(2)3/h7-8,11,13,18H,4-6,9-10,12,19H2,1-3H3. The van der Waals surface area contributed by atoms with Gasteiger partial charge >= 0.3 is 0 Å². The lowest BCUT2D eigenvalue weighted by Gasteiger charge is -2.30. The van der Waals surface area contributed by atoms with Gasteiger partial charge in [0.1, 0.15) is 0 Å². The molecular formula is C18H28N2O. The molecule has 2 N–H and O–H groups in total. The van der Waals surface area contributed by atoms with Crippen molar-refractivity contribution in [3.8, 4) is 0 Å². The summed E-state index contributed by atoms with van der Waals surface area (Å²) < 4.78 is 0. The number of benzene rings is 1. The van der Waals surface area contributed by atoms with Crippen LogP contribution in [-0.2, 0) is 17.8 Å². The first kappa shape index (κ1) is 16.0. The molecule has 1 aliphatic heterocycles. The smallest absolute Gasteiger partial charge is 0.222 e. The minimum atomic E-state index is 0.0708. The van der Waals surface area contributed by atoms with Gasteiger partial charge in [-0.1, -0.05) is 45.4 Å². The Labute approximate surface area is 128 Å². The maximum atomic E-state index is 12.2. The van der Waals surface area contributed by atoms with Crippen LogP contribution in [-0.4, -0.2) is 17.4 Å². The Balaban J connectivity index is 2.11. The van der Waals surface area contributed by atoms with Crippen LogP contribution < -0.4 is 5.73 Å². The SMILES string of the molecule is CCCCC(=O)N1CCc2ccc(C(N)C(C)C)cc2C1. The molecule has 0 bridgehead atoms. The summed E-state index contributed by atoms with van der Waals surface area (Å²) in [5, 5.41) is 0. The van der Waals surface area contributed by atoms with Gasteiger partial charge in [0.25, 0.3) is 0 Å². The molecule has 1 amide bonds. The zero-order valence-corrected chi connectivity index (χ0v) is 13.6. The Morgan fingerprint density at radius 2 is 2.10 bits per heavy atom. The van der Waals surface area contributed by atoms with Crippen LogP contribution in [0.3, 0.4) is 0 Å². The average Bonchev–Trinajstić information content (AvgIpc) is 2.50. The number of rotatable bonds is 5. The second kappa shape index (κ2) is 7.08. The molecule has 0 aliphatic carbocycles. The molecule has 0 saturated carbocycles. The van der Waals surface area contributed by atoms with E-state index in [-0.39, 0.29) is 6.04 Å². The molecule has 21 heavy (non-hydrogen) atoms. The minimum Gasteiger partial charge on any atom is -0.338 e. The largest absolute Gasteiger partial charge is 0.338 e. The van der Waals surface area contributed by atoms with Crippen LogP contribution in [0.5, 0.6) is 0 Å². The number of fused-ring (bicyclic) bond motifs is 1. The quantitative estimate of drug-likeness (QED) is 0.902. The number of carbonyl (C=O) groups excluding carboxylic acids is 1. The van der Waals surface area contributed by atoms with E-state index in [9.17, 15) is 4.79 Å². The molecule has 1 aromatic rings. The second-order valence-electron chi connectivity index (χ2n) is 6.47. The first-order valence-electron chi connectivity index (χ1n) is 8.18. The van der Waals surface area contributed by atoms with Gasteiger partial charge in [0.05, 0.1) is 0 Å². The molecule has 1 aliphatic rings. The number of hydrogen-bond donors (Lipinski definition) is 1. The summed E-state index contributed by atoms with van der Waals surface area (Å²) in [4.78, 5) is 14.2. The highest BCUT2D eigenvalue weighted by molar-refractivity contribution is 5.76. The van der Waals surface area contributed by atoms with Gasteiger partial charge in [-0.05, 0) is 35.4 Å². The molecule has 0 radical (unpaired) electrons.